The number of carbonyl (C=O) groups is 1. The van der Waals surface area contributed by atoms with Gasteiger partial charge in [0, 0.05) is 13.1 Å². The van der Waals surface area contributed by atoms with Crippen molar-refractivity contribution in [3.05, 3.63) is 29.3 Å². The molecule has 0 amide bonds. The van der Waals surface area contributed by atoms with Gasteiger partial charge >= 0.3 is 5.97 Å². The molecule has 1 rings (SSSR count). The number of carboxylic acid groups (broad SMARTS) is 1. The first-order chi connectivity index (χ1) is 9.32. The third-order valence-corrected chi connectivity index (χ3v) is 4.85. The van der Waals surface area contributed by atoms with E-state index in [0.29, 0.717) is 11.1 Å². The largest absolute Gasteiger partial charge is 0.481 e. The molecule has 0 fully saturated rings. The van der Waals surface area contributed by atoms with E-state index in [-0.39, 0.29) is 24.4 Å². The number of aryl methyl sites for hydroxylation is 1. The highest BCUT2D eigenvalue weighted by molar-refractivity contribution is 7.89. The number of rotatable bonds is 6. The number of carboxylic acids is 1. The number of hydrogen-bond acceptors (Lipinski definition) is 4. The lowest BCUT2D eigenvalue weighted by Gasteiger charge is -2.20. The summed E-state index contributed by atoms with van der Waals surface area (Å²) < 4.78 is 25.9. The highest BCUT2D eigenvalue weighted by atomic mass is 32.2. The predicted octanol–water partition coefficient (Wildman–Crippen LogP) is 1.35. The summed E-state index contributed by atoms with van der Waals surface area (Å²) in [6, 6.07) is 6.22. The van der Waals surface area contributed by atoms with Crippen LogP contribution in [0, 0.1) is 18.3 Å². The molecule has 1 N–H and O–H groups in total. The molecule has 1 aromatic rings. The van der Waals surface area contributed by atoms with Gasteiger partial charge in [-0.3, -0.25) is 4.79 Å². The van der Waals surface area contributed by atoms with Crippen LogP contribution in [0.2, 0.25) is 0 Å². The Morgan fingerprint density at radius 3 is 2.55 bits per heavy atom. The molecule has 0 atom stereocenters. The summed E-state index contributed by atoms with van der Waals surface area (Å²) in [7, 11) is -3.73. The fourth-order valence-corrected chi connectivity index (χ4v) is 3.28. The Kier molecular flexibility index (Phi) is 5.25. The number of nitriles is 1. The number of hydrogen-bond donors (Lipinski definition) is 1. The molecule has 0 aliphatic heterocycles. The van der Waals surface area contributed by atoms with E-state index < -0.39 is 16.0 Å². The molecular weight excluding hydrogens is 280 g/mol. The molecule has 1 aromatic carbocycles. The first-order valence-electron chi connectivity index (χ1n) is 6.05. The second-order valence-corrected chi connectivity index (χ2v) is 6.17. The van der Waals surface area contributed by atoms with Crippen molar-refractivity contribution in [1.82, 2.24) is 4.31 Å². The number of benzene rings is 1. The normalized spacial score (nSPS) is 11.3. The van der Waals surface area contributed by atoms with Gasteiger partial charge in [-0.25, -0.2) is 8.42 Å². The van der Waals surface area contributed by atoms with Crippen LogP contribution in [0.15, 0.2) is 23.1 Å². The van der Waals surface area contributed by atoms with E-state index in [0.717, 1.165) is 4.31 Å². The zero-order valence-electron chi connectivity index (χ0n) is 11.3. The third-order valence-electron chi connectivity index (χ3n) is 2.88. The Bertz CT molecular complexity index is 647. The molecule has 20 heavy (non-hydrogen) atoms. The lowest BCUT2D eigenvalue weighted by atomic mass is 10.1. The van der Waals surface area contributed by atoms with Crippen molar-refractivity contribution in [2.75, 3.05) is 13.1 Å². The molecular formula is C13H16N2O4S. The summed E-state index contributed by atoms with van der Waals surface area (Å²) in [5, 5.41) is 17.5. The fraction of sp³-hybridized carbons (Fsp3) is 0.385. The Hall–Kier alpha value is -1.91. The highest BCUT2D eigenvalue weighted by Gasteiger charge is 2.23. The van der Waals surface area contributed by atoms with E-state index >= 15 is 0 Å². The van der Waals surface area contributed by atoms with Crippen LogP contribution in [0.3, 0.4) is 0 Å². The standard InChI is InChI=1S/C13H16N2O4S/c1-3-15(7-6-13(16)17)20(18,19)12-5-4-11(9-14)10(2)8-12/h4-5,8H,3,6-7H2,1-2H3,(H,16,17). The van der Waals surface area contributed by atoms with Gasteiger partial charge in [0.15, 0.2) is 0 Å². The SMILES string of the molecule is CCN(CCC(=O)O)S(=O)(=O)c1ccc(C#N)c(C)c1. The molecule has 6 nitrogen and oxygen atoms in total. The highest BCUT2D eigenvalue weighted by Crippen LogP contribution is 2.19. The van der Waals surface area contributed by atoms with Gasteiger partial charge in [0.1, 0.15) is 0 Å². The Labute approximate surface area is 118 Å². The van der Waals surface area contributed by atoms with Gasteiger partial charge in [-0.15, -0.1) is 0 Å². The molecule has 0 unspecified atom stereocenters. The van der Waals surface area contributed by atoms with Crippen molar-refractivity contribution in [3.8, 4) is 6.07 Å². The molecule has 0 radical (unpaired) electrons. The van der Waals surface area contributed by atoms with Crippen LogP contribution in [-0.4, -0.2) is 36.9 Å². The van der Waals surface area contributed by atoms with Crippen LogP contribution in [0.1, 0.15) is 24.5 Å². The fourth-order valence-electron chi connectivity index (χ4n) is 1.74. The topological polar surface area (TPSA) is 98.5 Å². The van der Waals surface area contributed by atoms with Gasteiger partial charge in [0.05, 0.1) is 22.9 Å². The van der Waals surface area contributed by atoms with Gasteiger partial charge in [-0.2, -0.15) is 9.57 Å². The zero-order valence-corrected chi connectivity index (χ0v) is 12.1. The summed E-state index contributed by atoms with van der Waals surface area (Å²) in [5.41, 5.74) is 0.986. The predicted molar refractivity (Wildman–Crippen MR) is 72.6 cm³/mol. The Morgan fingerprint density at radius 1 is 1.45 bits per heavy atom. The maximum Gasteiger partial charge on any atom is 0.304 e. The van der Waals surface area contributed by atoms with Crippen LogP contribution in [0.5, 0.6) is 0 Å². The minimum absolute atomic E-state index is 0.0706. The Balaban J connectivity index is 3.11. The molecule has 0 saturated heterocycles. The van der Waals surface area contributed by atoms with Crippen molar-refractivity contribution in [3.63, 3.8) is 0 Å². The van der Waals surface area contributed by atoms with Crippen LogP contribution in [0.25, 0.3) is 0 Å². The monoisotopic (exact) mass is 296 g/mol. The van der Waals surface area contributed by atoms with Crippen molar-refractivity contribution in [2.45, 2.75) is 25.2 Å². The van der Waals surface area contributed by atoms with Crippen LogP contribution in [-0.2, 0) is 14.8 Å². The average Bonchev–Trinajstić information content (AvgIpc) is 2.38. The van der Waals surface area contributed by atoms with E-state index in [1.54, 1.807) is 13.8 Å². The molecule has 7 heteroatoms. The van der Waals surface area contributed by atoms with Crippen molar-refractivity contribution in [1.29, 1.82) is 5.26 Å². The van der Waals surface area contributed by atoms with Gasteiger partial charge in [0.25, 0.3) is 0 Å². The lowest BCUT2D eigenvalue weighted by molar-refractivity contribution is -0.137. The molecule has 0 heterocycles. The van der Waals surface area contributed by atoms with Gasteiger partial charge < -0.3 is 5.11 Å². The number of sulfonamides is 1. The van der Waals surface area contributed by atoms with Gasteiger partial charge in [0.2, 0.25) is 10.0 Å². The van der Waals surface area contributed by atoms with E-state index in [1.807, 2.05) is 6.07 Å². The zero-order chi connectivity index (χ0) is 15.3. The lowest BCUT2D eigenvalue weighted by Crippen LogP contribution is -2.33. The molecule has 108 valence electrons. The van der Waals surface area contributed by atoms with Crippen LogP contribution in [0.4, 0.5) is 0 Å². The summed E-state index contributed by atoms with van der Waals surface area (Å²) >= 11 is 0. The second-order valence-electron chi connectivity index (χ2n) is 4.23. The third kappa shape index (κ3) is 3.56. The average molecular weight is 296 g/mol. The number of aliphatic carboxylic acids is 1. The molecule has 0 spiro atoms. The van der Waals surface area contributed by atoms with Crippen molar-refractivity contribution < 1.29 is 18.3 Å². The minimum Gasteiger partial charge on any atom is -0.481 e. The Morgan fingerprint density at radius 2 is 2.10 bits per heavy atom. The maximum atomic E-state index is 12.4. The van der Waals surface area contributed by atoms with Crippen molar-refractivity contribution in [2.24, 2.45) is 0 Å². The minimum atomic E-state index is -3.73. The molecule has 0 aliphatic rings. The van der Waals surface area contributed by atoms with E-state index in [9.17, 15) is 13.2 Å². The number of nitrogens with zero attached hydrogens (tertiary/aromatic N) is 2. The summed E-state index contributed by atoms with van der Waals surface area (Å²) in [5.74, 6) is -1.05. The summed E-state index contributed by atoms with van der Waals surface area (Å²) in [6.45, 7) is 3.42. The molecule has 0 saturated carbocycles. The summed E-state index contributed by atoms with van der Waals surface area (Å²) in [6.07, 6.45) is -0.248. The summed E-state index contributed by atoms with van der Waals surface area (Å²) in [4.78, 5) is 10.6. The van der Waals surface area contributed by atoms with E-state index in [1.165, 1.54) is 18.2 Å². The van der Waals surface area contributed by atoms with Crippen LogP contribution >= 0.6 is 0 Å². The maximum absolute atomic E-state index is 12.4. The second kappa shape index (κ2) is 6.50. The first-order valence-corrected chi connectivity index (χ1v) is 7.49. The van der Waals surface area contributed by atoms with E-state index in [2.05, 4.69) is 0 Å². The molecule has 0 bridgehead atoms. The molecule has 0 aromatic heterocycles. The smallest absolute Gasteiger partial charge is 0.304 e. The van der Waals surface area contributed by atoms with Crippen molar-refractivity contribution >= 4 is 16.0 Å². The quantitative estimate of drug-likeness (QED) is 0.854. The molecule has 0 aliphatic carbocycles. The first kappa shape index (κ1) is 16.1. The van der Waals surface area contributed by atoms with Crippen LogP contribution < -0.4 is 0 Å². The van der Waals surface area contributed by atoms with E-state index in [4.69, 9.17) is 10.4 Å². The van der Waals surface area contributed by atoms with Gasteiger partial charge in [-0.05, 0) is 30.7 Å². The van der Waals surface area contributed by atoms with Gasteiger partial charge in [-0.1, -0.05) is 6.92 Å².